The van der Waals surface area contributed by atoms with Crippen molar-refractivity contribution in [3.8, 4) is 11.5 Å². The van der Waals surface area contributed by atoms with Crippen molar-refractivity contribution in [3.05, 3.63) is 59.2 Å². The number of hydrogen-bond donors (Lipinski definition) is 0. The summed E-state index contributed by atoms with van der Waals surface area (Å²) in [6.45, 7) is 5.92. The normalized spacial score (nSPS) is 11.1. The number of ether oxygens (including phenoxy) is 2. The molecular formula is C19H21NO4. The third kappa shape index (κ3) is 4.59. The zero-order chi connectivity index (χ0) is 17.5. The van der Waals surface area contributed by atoms with Crippen LogP contribution in [0.5, 0.6) is 11.5 Å². The van der Waals surface area contributed by atoms with E-state index in [-0.39, 0.29) is 5.71 Å². The molecule has 0 spiro atoms. The lowest BCUT2D eigenvalue weighted by molar-refractivity contribution is -0.127. The fourth-order valence-corrected chi connectivity index (χ4v) is 2.04. The zero-order valence-corrected chi connectivity index (χ0v) is 14.3. The second-order valence-electron chi connectivity index (χ2n) is 5.39. The zero-order valence-electron chi connectivity index (χ0n) is 14.3. The quantitative estimate of drug-likeness (QED) is 0.350. The van der Waals surface area contributed by atoms with Crippen LogP contribution < -0.4 is 9.47 Å². The first kappa shape index (κ1) is 17.5. The molecule has 5 nitrogen and oxygen atoms in total. The lowest BCUT2D eigenvalue weighted by Gasteiger charge is -2.12. The van der Waals surface area contributed by atoms with Gasteiger partial charge in [-0.15, -0.1) is 0 Å². The largest absolute Gasteiger partial charge is 0.489 e. The van der Waals surface area contributed by atoms with Crippen LogP contribution in [0.25, 0.3) is 0 Å². The predicted molar refractivity (Wildman–Crippen MR) is 92.4 cm³/mol. The van der Waals surface area contributed by atoms with Gasteiger partial charge in [0.1, 0.15) is 25.2 Å². The Morgan fingerprint density at radius 3 is 2.54 bits per heavy atom. The molecule has 2 aromatic carbocycles. The first-order valence-electron chi connectivity index (χ1n) is 7.59. The maximum Gasteiger partial charge on any atom is 0.361 e. The van der Waals surface area contributed by atoms with E-state index in [2.05, 4.69) is 16.9 Å². The number of nitrogens with zero attached hydrogens (tertiary/aromatic N) is 1. The molecule has 0 saturated carbocycles. The van der Waals surface area contributed by atoms with E-state index < -0.39 is 5.97 Å². The molecule has 0 radical (unpaired) electrons. The van der Waals surface area contributed by atoms with Crippen molar-refractivity contribution in [2.24, 2.45) is 5.16 Å². The van der Waals surface area contributed by atoms with Crippen LogP contribution in [0.15, 0.2) is 47.6 Å². The summed E-state index contributed by atoms with van der Waals surface area (Å²) < 4.78 is 11.2. The summed E-state index contributed by atoms with van der Waals surface area (Å²) in [6, 6.07) is 13.2. The Labute approximate surface area is 141 Å². The standard InChI is InChI=1S/C19H21NO4/c1-13-9-10-17(11-14(13)2)23-12-16-7-5-6-8-18(16)24-19(21)15(3)20-22-4/h5-11H,12H2,1-4H3. The van der Waals surface area contributed by atoms with Crippen molar-refractivity contribution in [1.82, 2.24) is 0 Å². The van der Waals surface area contributed by atoms with E-state index in [1.807, 2.05) is 37.3 Å². The minimum atomic E-state index is -0.560. The molecule has 0 N–H and O–H groups in total. The average Bonchev–Trinajstić information content (AvgIpc) is 2.57. The molecule has 0 saturated heterocycles. The minimum Gasteiger partial charge on any atom is -0.489 e. The maximum atomic E-state index is 11.9. The molecule has 0 aliphatic heterocycles. The number of carbonyl (C=O) groups is 1. The molecule has 0 amide bonds. The van der Waals surface area contributed by atoms with Crippen LogP contribution in [0.4, 0.5) is 0 Å². The van der Waals surface area contributed by atoms with Gasteiger partial charge in [-0.2, -0.15) is 0 Å². The number of benzene rings is 2. The third-order valence-electron chi connectivity index (χ3n) is 3.57. The number of esters is 1. The first-order valence-corrected chi connectivity index (χ1v) is 7.59. The number of hydrogen-bond acceptors (Lipinski definition) is 5. The molecule has 5 heteroatoms. The fourth-order valence-electron chi connectivity index (χ4n) is 2.04. The Hall–Kier alpha value is -2.82. The number of carbonyl (C=O) groups excluding carboxylic acids is 1. The lowest BCUT2D eigenvalue weighted by atomic mass is 10.1. The van der Waals surface area contributed by atoms with Gasteiger partial charge in [-0.3, -0.25) is 0 Å². The first-order chi connectivity index (χ1) is 11.5. The molecule has 126 valence electrons. The van der Waals surface area contributed by atoms with Crippen LogP contribution in [0, 0.1) is 13.8 Å². The van der Waals surface area contributed by atoms with Crippen molar-refractivity contribution >= 4 is 11.7 Å². The highest BCUT2D eigenvalue weighted by atomic mass is 16.6. The molecule has 0 unspecified atom stereocenters. The molecule has 0 aliphatic carbocycles. The Balaban J connectivity index is 2.09. The Morgan fingerprint density at radius 2 is 1.83 bits per heavy atom. The van der Waals surface area contributed by atoms with Gasteiger partial charge in [0.05, 0.1) is 0 Å². The number of rotatable bonds is 6. The third-order valence-corrected chi connectivity index (χ3v) is 3.57. The average molecular weight is 327 g/mol. The monoisotopic (exact) mass is 327 g/mol. The van der Waals surface area contributed by atoms with Gasteiger partial charge in [-0.1, -0.05) is 29.4 Å². The van der Waals surface area contributed by atoms with Crippen molar-refractivity contribution in [2.45, 2.75) is 27.4 Å². The van der Waals surface area contributed by atoms with Crippen LogP contribution in [-0.2, 0) is 16.2 Å². The van der Waals surface area contributed by atoms with Gasteiger partial charge in [-0.05, 0) is 50.1 Å². The van der Waals surface area contributed by atoms with Gasteiger partial charge in [-0.25, -0.2) is 4.79 Å². The summed E-state index contributed by atoms with van der Waals surface area (Å²) in [7, 11) is 1.38. The summed E-state index contributed by atoms with van der Waals surface area (Å²) in [4.78, 5) is 16.5. The van der Waals surface area contributed by atoms with Gasteiger partial charge in [0.15, 0.2) is 5.71 Å². The molecule has 2 aromatic rings. The molecule has 0 heterocycles. The molecular weight excluding hydrogens is 306 g/mol. The molecule has 0 atom stereocenters. The highest BCUT2D eigenvalue weighted by molar-refractivity contribution is 6.35. The van der Waals surface area contributed by atoms with Gasteiger partial charge in [0.25, 0.3) is 0 Å². The molecule has 0 fully saturated rings. The fraction of sp³-hybridized carbons (Fsp3) is 0.263. The summed E-state index contributed by atoms with van der Waals surface area (Å²) in [5, 5.41) is 3.57. The van der Waals surface area contributed by atoms with Gasteiger partial charge in [0.2, 0.25) is 0 Å². The van der Waals surface area contributed by atoms with E-state index in [9.17, 15) is 4.79 Å². The van der Waals surface area contributed by atoms with Crippen LogP contribution in [0.2, 0.25) is 0 Å². The highest BCUT2D eigenvalue weighted by Gasteiger charge is 2.13. The van der Waals surface area contributed by atoms with E-state index in [1.54, 1.807) is 12.1 Å². The summed E-state index contributed by atoms with van der Waals surface area (Å²) in [5.41, 5.74) is 3.29. The highest BCUT2D eigenvalue weighted by Crippen LogP contribution is 2.22. The van der Waals surface area contributed by atoms with Crippen molar-refractivity contribution < 1.29 is 19.1 Å². The second-order valence-corrected chi connectivity index (χ2v) is 5.39. The summed E-state index contributed by atoms with van der Waals surface area (Å²) in [6.07, 6.45) is 0. The summed E-state index contributed by atoms with van der Waals surface area (Å²) >= 11 is 0. The Kier molecular flexibility index (Phi) is 5.95. The van der Waals surface area contributed by atoms with Gasteiger partial charge in [0, 0.05) is 5.56 Å². The second kappa shape index (κ2) is 8.15. The molecule has 2 rings (SSSR count). The molecule has 0 bridgehead atoms. The van der Waals surface area contributed by atoms with E-state index >= 15 is 0 Å². The SMILES string of the molecule is CON=C(C)C(=O)Oc1ccccc1COc1ccc(C)c(C)c1. The van der Waals surface area contributed by atoms with Crippen molar-refractivity contribution in [2.75, 3.05) is 7.11 Å². The van der Waals surface area contributed by atoms with Gasteiger partial charge >= 0.3 is 5.97 Å². The number of oxime groups is 1. The molecule has 0 aliphatic rings. The molecule has 0 aromatic heterocycles. The van der Waals surface area contributed by atoms with E-state index in [1.165, 1.54) is 25.2 Å². The van der Waals surface area contributed by atoms with Crippen LogP contribution in [-0.4, -0.2) is 18.8 Å². The van der Waals surface area contributed by atoms with Crippen LogP contribution in [0.1, 0.15) is 23.6 Å². The molecule has 24 heavy (non-hydrogen) atoms. The topological polar surface area (TPSA) is 57.1 Å². The smallest absolute Gasteiger partial charge is 0.361 e. The maximum absolute atomic E-state index is 11.9. The van der Waals surface area contributed by atoms with E-state index in [4.69, 9.17) is 9.47 Å². The Morgan fingerprint density at radius 1 is 1.08 bits per heavy atom. The van der Waals surface area contributed by atoms with Crippen LogP contribution >= 0.6 is 0 Å². The minimum absolute atomic E-state index is 0.141. The van der Waals surface area contributed by atoms with E-state index in [0.29, 0.717) is 12.4 Å². The van der Waals surface area contributed by atoms with E-state index in [0.717, 1.165) is 11.3 Å². The van der Waals surface area contributed by atoms with Crippen molar-refractivity contribution in [3.63, 3.8) is 0 Å². The lowest BCUT2D eigenvalue weighted by Crippen LogP contribution is -2.18. The van der Waals surface area contributed by atoms with Gasteiger partial charge < -0.3 is 14.3 Å². The Bertz CT molecular complexity index is 753. The van der Waals surface area contributed by atoms with Crippen molar-refractivity contribution in [1.29, 1.82) is 0 Å². The predicted octanol–water partition coefficient (Wildman–Crippen LogP) is 3.81. The summed E-state index contributed by atoms with van der Waals surface area (Å²) in [5.74, 6) is 0.656. The number of para-hydroxylation sites is 1. The number of aryl methyl sites for hydroxylation is 2. The van der Waals surface area contributed by atoms with Crippen LogP contribution in [0.3, 0.4) is 0 Å².